The topological polar surface area (TPSA) is 45.5 Å². The largest absolute Gasteiger partial charge is 0.497 e. The van der Waals surface area contributed by atoms with Crippen LogP contribution in [0.4, 0.5) is 0 Å². The second kappa shape index (κ2) is 4.87. The minimum Gasteiger partial charge on any atom is -0.497 e. The highest BCUT2D eigenvalue weighted by Gasteiger charge is 2.38. The van der Waals surface area contributed by atoms with Gasteiger partial charge < -0.3 is 9.47 Å². The zero-order valence-electron chi connectivity index (χ0n) is 11.1. The summed E-state index contributed by atoms with van der Waals surface area (Å²) in [6.45, 7) is 0.636. The maximum atomic E-state index is 9.63. The molecule has 0 bridgehead atoms. The number of ether oxygens (including phenoxy) is 2. The van der Waals surface area contributed by atoms with Crippen molar-refractivity contribution < 1.29 is 9.47 Å². The third-order valence-corrected chi connectivity index (χ3v) is 3.52. The van der Waals surface area contributed by atoms with E-state index in [2.05, 4.69) is 6.07 Å². The zero-order chi connectivity index (χ0) is 13.2. The van der Waals surface area contributed by atoms with Gasteiger partial charge in [-0.15, -0.1) is 0 Å². The zero-order valence-corrected chi connectivity index (χ0v) is 11.1. The summed E-state index contributed by atoms with van der Waals surface area (Å²) in [5.41, 5.74) is 0.311. The van der Waals surface area contributed by atoms with Gasteiger partial charge in [-0.1, -0.05) is 0 Å². The minimum atomic E-state index is -0.613. The van der Waals surface area contributed by atoms with E-state index in [1.165, 1.54) is 0 Å². The van der Waals surface area contributed by atoms with Gasteiger partial charge in [0.1, 0.15) is 17.0 Å². The van der Waals surface area contributed by atoms with Gasteiger partial charge in [0.25, 0.3) is 0 Å². The molecule has 2 rings (SSSR count). The lowest BCUT2D eigenvalue weighted by Gasteiger charge is -2.33. The number of rotatable bonds is 2. The highest BCUT2D eigenvalue weighted by Crippen LogP contribution is 2.40. The average molecular weight is 246 g/mol. The monoisotopic (exact) mass is 246 g/mol. The first-order valence-electron chi connectivity index (χ1n) is 6.04. The van der Waals surface area contributed by atoms with Crippen LogP contribution in [0.15, 0.2) is 18.2 Å². The minimum absolute atomic E-state index is 0.613. The SMILES string of the molecule is COc1ccc2c(c1)OCCCC2(C#N)N(C)C. The first-order chi connectivity index (χ1) is 8.64. The van der Waals surface area contributed by atoms with E-state index in [-0.39, 0.29) is 0 Å². The van der Waals surface area contributed by atoms with Crippen molar-refractivity contribution >= 4 is 0 Å². The van der Waals surface area contributed by atoms with Crippen LogP contribution in [0.25, 0.3) is 0 Å². The Bertz CT molecular complexity index is 479. The summed E-state index contributed by atoms with van der Waals surface area (Å²) in [6.07, 6.45) is 1.64. The second-order valence-corrected chi connectivity index (χ2v) is 4.68. The number of benzene rings is 1. The standard InChI is InChI=1S/C14H18N2O2/c1-16(2)14(10-15)7-4-8-18-13-9-11(17-3)5-6-12(13)14/h5-6,9H,4,7-8H2,1-3H3. The summed E-state index contributed by atoms with van der Waals surface area (Å²) >= 11 is 0. The Labute approximate surface area is 108 Å². The highest BCUT2D eigenvalue weighted by atomic mass is 16.5. The second-order valence-electron chi connectivity index (χ2n) is 4.68. The first-order valence-corrected chi connectivity index (χ1v) is 6.04. The van der Waals surface area contributed by atoms with Crippen molar-refractivity contribution in [1.82, 2.24) is 4.90 Å². The van der Waals surface area contributed by atoms with E-state index < -0.39 is 5.54 Å². The molecule has 0 radical (unpaired) electrons. The molecule has 0 N–H and O–H groups in total. The van der Waals surface area contributed by atoms with Crippen molar-refractivity contribution in [3.8, 4) is 17.6 Å². The fraction of sp³-hybridized carbons (Fsp3) is 0.500. The maximum absolute atomic E-state index is 9.63. The molecule has 18 heavy (non-hydrogen) atoms. The molecule has 1 heterocycles. The Kier molecular flexibility index (Phi) is 3.44. The molecule has 1 atom stereocenters. The molecule has 0 aromatic heterocycles. The fourth-order valence-electron chi connectivity index (χ4n) is 2.42. The Morgan fingerprint density at radius 3 is 2.83 bits per heavy atom. The molecule has 1 aromatic carbocycles. The van der Waals surface area contributed by atoms with Gasteiger partial charge in [-0.3, -0.25) is 4.90 Å². The van der Waals surface area contributed by atoms with E-state index in [0.29, 0.717) is 6.61 Å². The summed E-state index contributed by atoms with van der Waals surface area (Å²) in [7, 11) is 5.49. The number of hydrogen-bond acceptors (Lipinski definition) is 4. The molecule has 0 saturated heterocycles. The van der Waals surface area contributed by atoms with Gasteiger partial charge in [0.05, 0.1) is 19.8 Å². The Morgan fingerprint density at radius 1 is 1.44 bits per heavy atom. The molecule has 1 unspecified atom stereocenters. The van der Waals surface area contributed by atoms with Crippen LogP contribution in [0, 0.1) is 11.3 Å². The fourth-order valence-corrected chi connectivity index (χ4v) is 2.42. The number of fused-ring (bicyclic) bond motifs is 1. The van der Waals surface area contributed by atoms with Crippen molar-refractivity contribution in [2.45, 2.75) is 18.4 Å². The van der Waals surface area contributed by atoms with Gasteiger partial charge >= 0.3 is 0 Å². The lowest BCUT2D eigenvalue weighted by Crippen LogP contribution is -2.39. The van der Waals surface area contributed by atoms with E-state index in [1.54, 1.807) is 7.11 Å². The van der Waals surface area contributed by atoms with Crippen LogP contribution in [-0.4, -0.2) is 32.7 Å². The van der Waals surface area contributed by atoms with Crippen molar-refractivity contribution in [3.63, 3.8) is 0 Å². The molecular formula is C14H18N2O2. The van der Waals surface area contributed by atoms with E-state index in [1.807, 2.05) is 37.2 Å². The Balaban J connectivity index is 2.58. The maximum Gasteiger partial charge on any atom is 0.137 e. The van der Waals surface area contributed by atoms with Crippen LogP contribution in [0.1, 0.15) is 18.4 Å². The predicted molar refractivity (Wildman–Crippen MR) is 68.7 cm³/mol. The molecular weight excluding hydrogens is 228 g/mol. The molecule has 1 aromatic rings. The molecule has 0 spiro atoms. The van der Waals surface area contributed by atoms with Crippen molar-refractivity contribution in [3.05, 3.63) is 23.8 Å². The Hall–Kier alpha value is -1.73. The van der Waals surface area contributed by atoms with Gasteiger partial charge in [-0.2, -0.15) is 5.26 Å². The Morgan fingerprint density at radius 2 is 2.22 bits per heavy atom. The van der Waals surface area contributed by atoms with Crippen molar-refractivity contribution in [1.29, 1.82) is 5.26 Å². The molecule has 4 nitrogen and oxygen atoms in total. The van der Waals surface area contributed by atoms with Crippen LogP contribution in [-0.2, 0) is 5.54 Å². The molecule has 0 aliphatic carbocycles. The summed E-state index contributed by atoms with van der Waals surface area (Å²) in [5.74, 6) is 1.50. The number of nitriles is 1. The van der Waals surface area contributed by atoms with Crippen LogP contribution < -0.4 is 9.47 Å². The summed E-state index contributed by atoms with van der Waals surface area (Å²) in [4.78, 5) is 1.97. The van der Waals surface area contributed by atoms with Crippen LogP contribution in [0.2, 0.25) is 0 Å². The molecule has 1 aliphatic rings. The molecule has 0 saturated carbocycles. The van der Waals surface area contributed by atoms with E-state index in [0.717, 1.165) is 29.9 Å². The number of nitrogens with zero attached hydrogens (tertiary/aromatic N) is 2. The van der Waals surface area contributed by atoms with Gasteiger partial charge in [0.15, 0.2) is 0 Å². The molecule has 0 amide bonds. The lowest BCUT2D eigenvalue weighted by molar-refractivity contribution is 0.202. The third kappa shape index (κ3) is 1.91. The third-order valence-electron chi connectivity index (χ3n) is 3.52. The molecule has 96 valence electrons. The summed E-state index contributed by atoms with van der Waals surface area (Å²) in [6, 6.07) is 8.12. The highest BCUT2D eigenvalue weighted by molar-refractivity contribution is 5.48. The van der Waals surface area contributed by atoms with Gasteiger partial charge in [-0.25, -0.2) is 0 Å². The first kappa shape index (κ1) is 12.7. The van der Waals surface area contributed by atoms with E-state index in [9.17, 15) is 5.26 Å². The smallest absolute Gasteiger partial charge is 0.137 e. The summed E-state index contributed by atoms with van der Waals surface area (Å²) in [5, 5.41) is 9.63. The van der Waals surface area contributed by atoms with Crippen molar-refractivity contribution in [2.75, 3.05) is 27.8 Å². The lowest BCUT2D eigenvalue weighted by atomic mass is 9.85. The van der Waals surface area contributed by atoms with Crippen LogP contribution in [0.5, 0.6) is 11.5 Å². The molecule has 4 heteroatoms. The van der Waals surface area contributed by atoms with E-state index in [4.69, 9.17) is 9.47 Å². The van der Waals surface area contributed by atoms with Gasteiger partial charge in [0, 0.05) is 11.6 Å². The van der Waals surface area contributed by atoms with Gasteiger partial charge in [-0.05, 0) is 39.1 Å². The number of methoxy groups -OCH3 is 1. The number of hydrogen-bond donors (Lipinski definition) is 0. The molecule has 0 fully saturated rings. The van der Waals surface area contributed by atoms with Crippen LogP contribution in [0.3, 0.4) is 0 Å². The normalized spacial score (nSPS) is 22.6. The quantitative estimate of drug-likeness (QED) is 0.802. The van der Waals surface area contributed by atoms with E-state index >= 15 is 0 Å². The van der Waals surface area contributed by atoms with Crippen molar-refractivity contribution in [2.24, 2.45) is 0 Å². The summed E-state index contributed by atoms with van der Waals surface area (Å²) < 4.78 is 10.9. The average Bonchev–Trinajstić information content (AvgIpc) is 2.57. The predicted octanol–water partition coefficient (Wildman–Crippen LogP) is 2.15. The van der Waals surface area contributed by atoms with Crippen LogP contribution >= 0.6 is 0 Å². The molecule has 1 aliphatic heterocycles. The van der Waals surface area contributed by atoms with Gasteiger partial charge in [0.2, 0.25) is 0 Å².